The van der Waals surface area contributed by atoms with Crippen LogP contribution in [-0.4, -0.2) is 76.2 Å². The number of halogens is 1. The zero-order chi connectivity index (χ0) is 16.3. The van der Waals surface area contributed by atoms with Gasteiger partial charge in [0, 0.05) is 45.3 Å². The molecule has 3 rings (SSSR count). The number of hydrogen-bond donors (Lipinski definition) is 1. The van der Waals surface area contributed by atoms with Gasteiger partial charge in [-0.3, -0.25) is 4.99 Å². The average molecular weight is 453 g/mol. The third-order valence-electron chi connectivity index (χ3n) is 5.74. The summed E-state index contributed by atoms with van der Waals surface area (Å²) in [5, 5.41) is 3.72. The fourth-order valence-electron chi connectivity index (χ4n) is 4.29. The molecule has 0 aromatic carbocycles. The summed E-state index contributed by atoms with van der Waals surface area (Å²) < 4.78 is 16.9. The second kappa shape index (κ2) is 9.00. The standard InChI is InChI=1S/C17H31N3O3.HI/c1-4-22-15-10-14(17(15)6-5-7-17)19-16(18-2)20-8-9-23-13(11-20)12-21-3;/h13-15H,4-12H2,1-3H3,(H,18,19);1H. The second-order valence-electron chi connectivity index (χ2n) is 6.90. The van der Waals surface area contributed by atoms with Crippen molar-refractivity contribution >= 4 is 29.9 Å². The van der Waals surface area contributed by atoms with Crippen LogP contribution in [0.4, 0.5) is 0 Å². The maximum Gasteiger partial charge on any atom is 0.194 e. The molecule has 2 saturated carbocycles. The lowest BCUT2D eigenvalue weighted by atomic mass is 9.51. The zero-order valence-corrected chi connectivity index (χ0v) is 17.5. The van der Waals surface area contributed by atoms with Crippen LogP contribution in [0.3, 0.4) is 0 Å². The predicted octanol–water partition coefficient (Wildman–Crippen LogP) is 1.87. The Morgan fingerprint density at radius 3 is 2.79 bits per heavy atom. The van der Waals surface area contributed by atoms with E-state index < -0.39 is 0 Å². The van der Waals surface area contributed by atoms with Gasteiger partial charge in [-0.2, -0.15) is 0 Å². The minimum atomic E-state index is 0. The number of methoxy groups -OCH3 is 1. The fraction of sp³-hybridized carbons (Fsp3) is 0.941. The van der Waals surface area contributed by atoms with E-state index in [1.165, 1.54) is 19.3 Å². The van der Waals surface area contributed by atoms with E-state index >= 15 is 0 Å². The predicted molar refractivity (Wildman–Crippen MR) is 105 cm³/mol. The number of aliphatic imine (C=N–C) groups is 1. The monoisotopic (exact) mass is 453 g/mol. The molecule has 7 heteroatoms. The van der Waals surface area contributed by atoms with Gasteiger partial charge in [0.25, 0.3) is 0 Å². The van der Waals surface area contributed by atoms with Crippen LogP contribution in [0.5, 0.6) is 0 Å². The minimum absolute atomic E-state index is 0. The van der Waals surface area contributed by atoms with Gasteiger partial charge in [0.05, 0.1) is 25.4 Å². The van der Waals surface area contributed by atoms with E-state index in [1.54, 1.807) is 7.11 Å². The molecule has 0 amide bonds. The van der Waals surface area contributed by atoms with Crippen molar-refractivity contribution in [2.75, 3.05) is 47.1 Å². The number of rotatable bonds is 5. The molecule has 1 N–H and O–H groups in total. The highest BCUT2D eigenvalue weighted by molar-refractivity contribution is 14.0. The lowest BCUT2D eigenvalue weighted by Gasteiger charge is -2.61. The topological polar surface area (TPSA) is 55.3 Å². The van der Waals surface area contributed by atoms with Gasteiger partial charge in [0.1, 0.15) is 0 Å². The SMILES string of the molecule is CCOC1CC(NC(=NC)N2CCOC(COC)C2)C12CCC2.I. The number of hydrogen-bond acceptors (Lipinski definition) is 4. The Balaban J connectivity index is 0.00000208. The fourth-order valence-corrected chi connectivity index (χ4v) is 4.29. The number of nitrogens with one attached hydrogen (secondary N) is 1. The van der Waals surface area contributed by atoms with E-state index in [2.05, 4.69) is 22.1 Å². The zero-order valence-electron chi connectivity index (χ0n) is 15.1. The highest BCUT2D eigenvalue weighted by Crippen LogP contribution is 2.57. The summed E-state index contributed by atoms with van der Waals surface area (Å²) in [6.45, 7) is 5.99. The second-order valence-corrected chi connectivity index (χ2v) is 6.90. The van der Waals surface area contributed by atoms with Gasteiger partial charge >= 0.3 is 0 Å². The van der Waals surface area contributed by atoms with Crippen molar-refractivity contribution in [2.24, 2.45) is 10.4 Å². The largest absolute Gasteiger partial charge is 0.382 e. The van der Waals surface area contributed by atoms with Crippen LogP contribution < -0.4 is 5.32 Å². The Kier molecular flexibility index (Phi) is 7.58. The molecule has 3 aliphatic rings. The molecule has 0 aromatic rings. The van der Waals surface area contributed by atoms with Crippen molar-refractivity contribution in [1.29, 1.82) is 0 Å². The maximum absolute atomic E-state index is 5.95. The Labute approximate surface area is 162 Å². The summed E-state index contributed by atoms with van der Waals surface area (Å²) in [7, 11) is 3.59. The maximum atomic E-state index is 5.95. The average Bonchev–Trinajstić information content (AvgIpc) is 2.49. The van der Waals surface area contributed by atoms with Crippen molar-refractivity contribution in [3.05, 3.63) is 0 Å². The van der Waals surface area contributed by atoms with Crippen LogP contribution in [0.15, 0.2) is 4.99 Å². The van der Waals surface area contributed by atoms with E-state index in [1.807, 2.05) is 7.05 Å². The lowest BCUT2D eigenvalue weighted by molar-refractivity contribution is -0.169. The molecule has 1 saturated heterocycles. The molecule has 2 aliphatic carbocycles. The highest BCUT2D eigenvalue weighted by Gasteiger charge is 2.59. The molecule has 1 spiro atoms. The van der Waals surface area contributed by atoms with Crippen LogP contribution in [0.25, 0.3) is 0 Å². The molecule has 24 heavy (non-hydrogen) atoms. The first-order valence-corrected chi connectivity index (χ1v) is 8.94. The molecule has 0 radical (unpaired) electrons. The first-order chi connectivity index (χ1) is 11.2. The van der Waals surface area contributed by atoms with Gasteiger partial charge in [-0.25, -0.2) is 0 Å². The summed E-state index contributed by atoms with van der Waals surface area (Å²) >= 11 is 0. The summed E-state index contributed by atoms with van der Waals surface area (Å²) in [5.74, 6) is 1.00. The molecule has 1 aliphatic heterocycles. The van der Waals surface area contributed by atoms with Gasteiger partial charge in [0.15, 0.2) is 5.96 Å². The quantitative estimate of drug-likeness (QED) is 0.392. The number of morpholine rings is 1. The summed E-state index contributed by atoms with van der Waals surface area (Å²) in [5.41, 5.74) is 0.351. The number of ether oxygens (including phenoxy) is 3. The summed E-state index contributed by atoms with van der Waals surface area (Å²) in [6.07, 6.45) is 5.54. The van der Waals surface area contributed by atoms with E-state index in [0.717, 1.165) is 38.7 Å². The van der Waals surface area contributed by atoms with Crippen molar-refractivity contribution < 1.29 is 14.2 Å². The van der Waals surface area contributed by atoms with Crippen molar-refractivity contribution in [3.63, 3.8) is 0 Å². The molecule has 6 nitrogen and oxygen atoms in total. The molecule has 0 aromatic heterocycles. The van der Waals surface area contributed by atoms with Crippen LogP contribution >= 0.6 is 24.0 Å². The van der Waals surface area contributed by atoms with Crippen LogP contribution in [0.2, 0.25) is 0 Å². The Bertz CT molecular complexity index is 429. The molecule has 0 bridgehead atoms. The molecular weight excluding hydrogens is 421 g/mol. The Morgan fingerprint density at radius 1 is 1.42 bits per heavy atom. The minimum Gasteiger partial charge on any atom is -0.382 e. The Hall–Kier alpha value is -0.120. The molecule has 3 atom stereocenters. The van der Waals surface area contributed by atoms with Gasteiger partial charge in [-0.15, -0.1) is 24.0 Å². The van der Waals surface area contributed by atoms with Crippen LogP contribution in [0, 0.1) is 5.41 Å². The summed E-state index contributed by atoms with van der Waals surface area (Å²) in [4.78, 5) is 6.82. The highest BCUT2D eigenvalue weighted by atomic mass is 127. The van der Waals surface area contributed by atoms with E-state index in [4.69, 9.17) is 14.2 Å². The smallest absolute Gasteiger partial charge is 0.194 e. The first kappa shape index (κ1) is 20.2. The third-order valence-corrected chi connectivity index (χ3v) is 5.74. The van der Waals surface area contributed by atoms with Gasteiger partial charge < -0.3 is 24.4 Å². The normalized spacial score (nSPS) is 31.9. The molecular formula is C17H32IN3O3. The van der Waals surface area contributed by atoms with E-state index in [9.17, 15) is 0 Å². The van der Waals surface area contributed by atoms with Crippen molar-refractivity contribution in [2.45, 2.75) is 50.9 Å². The van der Waals surface area contributed by atoms with Gasteiger partial charge in [-0.1, -0.05) is 6.42 Å². The van der Waals surface area contributed by atoms with Gasteiger partial charge in [-0.05, 0) is 26.2 Å². The number of nitrogens with zero attached hydrogens (tertiary/aromatic N) is 2. The lowest BCUT2D eigenvalue weighted by Crippen LogP contribution is -2.69. The first-order valence-electron chi connectivity index (χ1n) is 8.94. The van der Waals surface area contributed by atoms with Crippen molar-refractivity contribution in [1.82, 2.24) is 10.2 Å². The van der Waals surface area contributed by atoms with Gasteiger partial charge in [0.2, 0.25) is 0 Å². The van der Waals surface area contributed by atoms with Crippen molar-refractivity contribution in [3.8, 4) is 0 Å². The molecule has 1 heterocycles. The molecule has 3 unspecified atom stereocenters. The summed E-state index contributed by atoms with van der Waals surface area (Å²) in [6, 6.07) is 0.496. The van der Waals surface area contributed by atoms with E-state index in [0.29, 0.717) is 24.2 Å². The van der Waals surface area contributed by atoms with E-state index in [-0.39, 0.29) is 30.1 Å². The molecule has 140 valence electrons. The number of guanidine groups is 1. The van der Waals surface area contributed by atoms with Crippen LogP contribution in [-0.2, 0) is 14.2 Å². The Morgan fingerprint density at radius 2 is 2.21 bits per heavy atom. The van der Waals surface area contributed by atoms with Crippen LogP contribution in [0.1, 0.15) is 32.6 Å². The molecule has 3 fully saturated rings. The third kappa shape index (κ3) is 3.83.